The summed E-state index contributed by atoms with van der Waals surface area (Å²) in [6.45, 7) is 3.65. The van der Waals surface area contributed by atoms with E-state index in [2.05, 4.69) is 11.8 Å². The van der Waals surface area contributed by atoms with Crippen LogP contribution in [-0.2, 0) is 0 Å². The molecule has 4 bridgehead atoms. The van der Waals surface area contributed by atoms with E-state index in [1.165, 1.54) is 19.4 Å². The SMILES string of the molecule is CCN1C2CCC1C1CCC2C1. The number of fused-ring (bicyclic) bond motifs is 6. The van der Waals surface area contributed by atoms with Gasteiger partial charge in [-0.15, -0.1) is 0 Å². The van der Waals surface area contributed by atoms with Crippen LogP contribution >= 0.6 is 0 Å². The van der Waals surface area contributed by atoms with Crippen molar-refractivity contribution in [1.82, 2.24) is 4.90 Å². The lowest BCUT2D eigenvalue weighted by molar-refractivity contribution is 0.0900. The minimum Gasteiger partial charge on any atom is -0.297 e. The molecule has 1 heteroatoms. The van der Waals surface area contributed by atoms with Gasteiger partial charge in [-0.3, -0.25) is 4.90 Å². The first-order valence-electron chi connectivity index (χ1n) is 5.66. The largest absolute Gasteiger partial charge is 0.297 e. The van der Waals surface area contributed by atoms with Crippen molar-refractivity contribution in [3.8, 4) is 0 Å². The minimum absolute atomic E-state index is 0.999. The van der Waals surface area contributed by atoms with Gasteiger partial charge in [0.05, 0.1) is 0 Å². The van der Waals surface area contributed by atoms with E-state index in [0.717, 1.165) is 23.9 Å². The number of rotatable bonds is 1. The lowest BCUT2D eigenvalue weighted by atomic mass is 9.91. The third-order valence-corrected chi connectivity index (χ3v) is 4.58. The Bertz CT molecular complexity index is 171. The summed E-state index contributed by atoms with van der Waals surface area (Å²) < 4.78 is 0. The molecule has 0 aromatic heterocycles. The molecular formula is C11H19N. The summed E-state index contributed by atoms with van der Waals surface area (Å²) >= 11 is 0. The molecule has 0 N–H and O–H groups in total. The Morgan fingerprint density at radius 2 is 1.58 bits per heavy atom. The lowest BCUT2D eigenvalue weighted by Gasteiger charge is -2.38. The zero-order chi connectivity index (χ0) is 8.13. The van der Waals surface area contributed by atoms with Gasteiger partial charge in [0.15, 0.2) is 0 Å². The lowest BCUT2D eigenvalue weighted by Crippen LogP contribution is -2.45. The van der Waals surface area contributed by atoms with Crippen molar-refractivity contribution < 1.29 is 0 Å². The quantitative estimate of drug-likeness (QED) is 0.576. The molecule has 1 saturated carbocycles. The third-order valence-electron chi connectivity index (χ3n) is 4.58. The standard InChI is InChI=1S/C11H19N/c1-2-12-10-5-6-11(12)9-4-3-8(10)7-9/h8-11H,2-7H2,1H3. The smallest absolute Gasteiger partial charge is 0.0127 e. The fraction of sp³-hybridized carbons (Fsp3) is 1.00. The second kappa shape index (κ2) is 2.47. The Hall–Kier alpha value is -0.0400. The Morgan fingerprint density at radius 1 is 1.00 bits per heavy atom. The van der Waals surface area contributed by atoms with Crippen LogP contribution in [0.4, 0.5) is 0 Å². The van der Waals surface area contributed by atoms with Gasteiger partial charge in [0.2, 0.25) is 0 Å². The summed E-state index contributed by atoms with van der Waals surface area (Å²) in [5, 5.41) is 0. The van der Waals surface area contributed by atoms with Gasteiger partial charge >= 0.3 is 0 Å². The van der Waals surface area contributed by atoms with Crippen LogP contribution in [0.15, 0.2) is 0 Å². The van der Waals surface area contributed by atoms with Crippen LogP contribution in [0.2, 0.25) is 0 Å². The Labute approximate surface area is 75.1 Å². The molecule has 1 nitrogen and oxygen atoms in total. The predicted octanol–water partition coefficient (Wildman–Crippen LogP) is 2.27. The molecule has 12 heavy (non-hydrogen) atoms. The second-order valence-electron chi connectivity index (χ2n) is 4.88. The molecule has 0 aromatic rings. The maximum atomic E-state index is 2.81. The molecule has 0 radical (unpaired) electrons. The van der Waals surface area contributed by atoms with Crippen molar-refractivity contribution in [2.24, 2.45) is 11.8 Å². The summed E-state index contributed by atoms with van der Waals surface area (Å²) in [4.78, 5) is 2.81. The first-order chi connectivity index (χ1) is 5.90. The van der Waals surface area contributed by atoms with Gasteiger partial charge in [0.1, 0.15) is 0 Å². The zero-order valence-electron chi connectivity index (χ0n) is 8.00. The van der Waals surface area contributed by atoms with Gasteiger partial charge in [-0.25, -0.2) is 0 Å². The topological polar surface area (TPSA) is 3.24 Å². The third kappa shape index (κ3) is 0.783. The molecule has 0 amide bonds. The van der Waals surface area contributed by atoms with Gasteiger partial charge < -0.3 is 0 Å². The molecule has 2 saturated heterocycles. The fourth-order valence-electron chi connectivity index (χ4n) is 4.15. The minimum atomic E-state index is 0.999. The first kappa shape index (κ1) is 7.37. The van der Waals surface area contributed by atoms with Crippen LogP contribution in [0, 0.1) is 11.8 Å². The van der Waals surface area contributed by atoms with E-state index in [1.54, 1.807) is 19.3 Å². The highest BCUT2D eigenvalue weighted by Crippen LogP contribution is 2.50. The van der Waals surface area contributed by atoms with Crippen LogP contribution in [0.1, 0.15) is 39.0 Å². The molecule has 3 rings (SSSR count). The summed E-state index contributed by atoms with van der Waals surface area (Å²) in [6.07, 6.45) is 7.69. The Morgan fingerprint density at radius 3 is 2.08 bits per heavy atom. The van der Waals surface area contributed by atoms with Gasteiger partial charge in [-0.2, -0.15) is 0 Å². The average molecular weight is 165 g/mol. The van der Waals surface area contributed by atoms with E-state index in [1.807, 2.05) is 0 Å². The summed E-state index contributed by atoms with van der Waals surface area (Å²) in [7, 11) is 0. The van der Waals surface area contributed by atoms with E-state index in [-0.39, 0.29) is 0 Å². The van der Waals surface area contributed by atoms with Crippen molar-refractivity contribution in [2.75, 3.05) is 6.54 Å². The average Bonchev–Trinajstić information content (AvgIpc) is 2.57. The van der Waals surface area contributed by atoms with Crippen LogP contribution < -0.4 is 0 Å². The van der Waals surface area contributed by atoms with Gasteiger partial charge in [-0.1, -0.05) is 6.92 Å². The summed E-state index contributed by atoms with van der Waals surface area (Å²) in [5.41, 5.74) is 0. The zero-order valence-corrected chi connectivity index (χ0v) is 8.00. The highest BCUT2D eigenvalue weighted by molar-refractivity contribution is 5.03. The highest BCUT2D eigenvalue weighted by Gasteiger charge is 2.49. The Balaban J connectivity index is 1.91. The van der Waals surface area contributed by atoms with Crippen LogP contribution in [0.3, 0.4) is 0 Å². The van der Waals surface area contributed by atoms with E-state index >= 15 is 0 Å². The predicted molar refractivity (Wildman–Crippen MR) is 50.0 cm³/mol. The molecule has 3 fully saturated rings. The van der Waals surface area contributed by atoms with Crippen LogP contribution in [0.5, 0.6) is 0 Å². The van der Waals surface area contributed by atoms with Gasteiger partial charge in [-0.05, 0) is 50.5 Å². The van der Waals surface area contributed by atoms with Crippen molar-refractivity contribution in [1.29, 1.82) is 0 Å². The van der Waals surface area contributed by atoms with Gasteiger partial charge in [0.25, 0.3) is 0 Å². The maximum absolute atomic E-state index is 2.81. The first-order valence-corrected chi connectivity index (χ1v) is 5.66. The summed E-state index contributed by atoms with van der Waals surface area (Å²) in [6, 6.07) is 2.00. The van der Waals surface area contributed by atoms with Crippen molar-refractivity contribution in [3.05, 3.63) is 0 Å². The number of hydrogen-bond acceptors (Lipinski definition) is 1. The Kier molecular flexibility index (Phi) is 1.52. The number of nitrogens with zero attached hydrogens (tertiary/aromatic N) is 1. The summed E-state index contributed by atoms with van der Waals surface area (Å²) in [5.74, 6) is 2.18. The molecule has 0 aromatic carbocycles. The molecule has 4 atom stereocenters. The molecule has 2 heterocycles. The normalized spacial score (nSPS) is 51.8. The molecule has 3 aliphatic rings. The van der Waals surface area contributed by atoms with Crippen molar-refractivity contribution in [2.45, 2.75) is 51.1 Å². The fourth-order valence-corrected chi connectivity index (χ4v) is 4.15. The number of piperidine rings is 1. The maximum Gasteiger partial charge on any atom is 0.0127 e. The molecule has 1 aliphatic carbocycles. The van der Waals surface area contributed by atoms with E-state index in [4.69, 9.17) is 0 Å². The number of hydrogen-bond donors (Lipinski definition) is 0. The van der Waals surface area contributed by atoms with Crippen LogP contribution in [-0.4, -0.2) is 23.5 Å². The monoisotopic (exact) mass is 165 g/mol. The van der Waals surface area contributed by atoms with Crippen molar-refractivity contribution >= 4 is 0 Å². The van der Waals surface area contributed by atoms with Gasteiger partial charge in [0, 0.05) is 12.1 Å². The van der Waals surface area contributed by atoms with E-state index in [9.17, 15) is 0 Å². The highest BCUT2D eigenvalue weighted by atomic mass is 15.2. The molecule has 0 spiro atoms. The molecule has 4 unspecified atom stereocenters. The van der Waals surface area contributed by atoms with E-state index < -0.39 is 0 Å². The molecular weight excluding hydrogens is 146 g/mol. The molecule has 68 valence electrons. The second-order valence-corrected chi connectivity index (χ2v) is 4.88. The van der Waals surface area contributed by atoms with E-state index in [0.29, 0.717) is 0 Å². The van der Waals surface area contributed by atoms with Crippen molar-refractivity contribution in [3.63, 3.8) is 0 Å². The van der Waals surface area contributed by atoms with Crippen LogP contribution in [0.25, 0.3) is 0 Å². The molecule has 2 aliphatic heterocycles.